The maximum atomic E-state index is 11.8. The second-order valence-corrected chi connectivity index (χ2v) is 8.99. The van der Waals surface area contributed by atoms with Gasteiger partial charge in [0.1, 0.15) is 5.75 Å². The van der Waals surface area contributed by atoms with Crippen LogP contribution in [0.4, 0.5) is 0 Å². The minimum Gasteiger partial charge on any atom is -0.494 e. The first-order valence-corrected chi connectivity index (χ1v) is 11.1. The number of hydrogen-bond acceptors (Lipinski definition) is 3. The molecule has 1 aromatic carbocycles. The van der Waals surface area contributed by atoms with Gasteiger partial charge in [0.2, 0.25) is 0 Å². The molecule has 0 aromatic heterocycles. The van der Waals surface area contributed by atoms with E-state index in [4.69, 9.17) is 4.74 Å². The van der Waals surface area contributed by atoms with Gasteiger partial charge in [-0.3, -0.25) is 0 Å². The van der Waals surface area contributed by atoms with E-state index in [1.165, 1.54) is 0 Å². The predicted molar refractivity (Wildman–Crippen MR) is 93.3 cm³/mol. The van der Waals surface area contributed by atoms with Gasteiger partial charge in [0, 0.05) is 10.7 Å². The van der Waals surface area contributed by atoms with E-state index in [9.17, 15) is 8.42 Å². The Morgan fingerprint density at radius 2 is 1.86 bits per heavy atom. The number of ether oxygens (including phenoxy) is 1. The molecule has 1 aliphatic heterocycles. The zero-order valence-corrected chi connectivity index (χ0v) is 15.8. The topological polar surface area (TPSA) is 43.4 Å². The SMILES string of the molecule is O=S1(=O)CCC(C(CBr)(CBr)CCOc2ccccc2)C1. The predicted octanol–water partition coefficient (Wildman–Crippen LogP) is 3.67. The summed E-state index contributed by atoms with van der Waals surface area (Å²) in [6.45, 7) is 0.595. The summed E-state index contributed by atoms with van der Waals surface area (Å²) < 4.78 is 29.3. The van der Waals surface area contributed by atoms with Crippen molar-refractivity contribution >= 4 is 41.7 Å². The molecule has 1 atom stereocenters. The van der Waals surface area contributed by atoms with Crippen molar-refractivity contribution in [3.8, 4) is 5.75 Å². The van der Waals surface area contributed by atoms with Crippen molar-refractivity contribution in [2.75, 3.05) is 28.8 Å². The Morgan fingerprint density at radius 3 is 2.38 bits per heavy atom. The van der Waals surface area contributed by atoms with E-state index in [-0.39, 0.29) is 11.3 Å². The lowest BCUT2D eigenvalue weighted by molar-refractivity contribution is 0.180. The van der Waals surface area contributed by atoms with Crippen LogP contribution in [-0.4, -0.2) is 37.2 Å². The Bertz CT molecular complexity index is 541. The normalized spacial score (nSPS) is 21.3. The summed E-state index contributed by atoms with van der Waals surface area (Å²) >= 11 is 7.17. The number of sulfone groups is 1. The number of hydrogen-bond donors (Lipinski definition) is 0. The first kappa shape index (κ1) is 17.3. The lowest BCUT2D eigenvalue weighted by Crippen LogP contribution is -2.36. The van der Waals surface area contributed by atoms with E-state index in [2.05, 4.69) is 31.9 Å². The average Bonchev–Trinajstić information content (AvgIpc) is 2.86. The molecule has 0 amide bonds. The van der Waals surface area contributed by atoms with E-state index in [0.717, 1.165) is 29.3 Å². The lowest BCUT2D eigenvalue weighted by Gasteiger charge is -2.35. The number of para-hydroxylation sites is 1. The third kappa shape index (κ3) is 4.45. The van der Waals surface area contributed by atoms with Crippen molar-refractivity contribution < 1.29 is 13.2 Å². The van der Waals surface area contributed by atoms with Crippen molar-refractivity contribution in [1.29, 1.82) is 0 Å². The molecule has 21 heavy (non-hydrogen) atoms. The van der Waals surface area contributed by atoms with E-state index < -0.39 is 9.84 Å². The number of halogens is 2. The molecule has 1 fully saturated rings. The third-order valence-corrected chi connectivity index (χ3v) is 8.24. The van der Waals surface area contributed by atoms with Gasteiger partial charge >= 0.3 is 0 Å². The molecule has 6 heteroatoms. The molecule has 0 radical (unpaired) electrons. The van der Waals surface area contributed by atoms with Crippen molar-refractivity contribution in [1.82, 2.24) is 0 Å². The summed E-state index contributed by atoms with van der Waals surface area (Å²) in [7, 11) is -2.86. The highest BCUT2D eigenvalue weighted by Crippen LogP contribution is 2.42. The van der Waals surface area contributed by atoms with Crippen LogP contribution in [0.25, 0.3) is 0 Å². The van der Waals surface area contributed by atoms with Gasteiger partial charge in [-0.15, -0.1) is 0 Å². The molecule has 1 heterocycles. The number of alkyl halides is 2. The van der Waals surface area contributed by atoms with Gasteiger partial charge in [-0.25, -0.2) is 8.42 Å². The molecule has 1 unspecified atom stereocenters. The third-order valence-electron chi connectivity index (χ3n) is 4.24. The summed E-state index contributed by atoms with van der Waals surface area (Å²) in [4.78, 5) is 0. The number of benzene rings is 1. The molecular formula is C15H20Br2O3S. The monoisotopic (exact) mass is 438 g/mol. The summed E-state index contributed by atoms with van der Waals surface area (Å²) in [6, 6.07) is 9.72. The smallest absolute Gasteiger partial charge is 0.150 e. The molecule has 1 aliphatic rings. The van der Waals surface area contributed by atoms with Gasteiger partial charge in [0.05, 0.1) is 18.1 Å². The zero-order valence-electron chi connectivity index (χ0n) is 11.8. The standard InChI is InChI=1S/C15H20Br2O3S/c16-11-15(12-17,13-6-9-21(18,19)10-13)7-8-20-14-4-2-1-3-5-14/h1-5,13H,6-12H2. The highest BCUT2D eigenvalue weighted by molar-refractivity contribution is 9.09. The molecule has 2 rings (SSSR count). The lowest BCUT2D eigenvalue weighted by atomic mass is 9.76. The molecule has 0 N–H and O–H groups in total. The van der Waals surface area contributed by atoms with Crippen LogP contribution < -0.4 is 4.74 Å². The van der Waals surface area contributed by atoms with Crippen LogP contribution in [0.2, 0.25) is 0 Å². The van der Waals surface area contributed by atoms with Crippen LogP contribution in [0.1, 0.15) is 12.8 Å². The summed E-state index contributed by atoms with van der Waals surface area (Å²) in [5.41, 5.74) is -0.0711. The molecule has 0 bridgehead atoms. The fourth-order valence-electron chi connectivity index (χ4n) is 2.76. The van der Waals surface area contributed by atoms with E-state index in [0.29, 0.717) is 18.1 Å². The molecule has 118 valence electrons. The molecule has 0 spiro atoms. The molecular weight excluding hydrogens is 420 g/mol. The second kappa shape index (κ2) is 7.47. The highest BCUT2D eigenvalue weighted by Gasteiger charge is 2.43. The van der Waals surface area contributed by atoms with E-state index in [1.807, 2.05) is 30.3 Å². The van der Waals surface area contributed by atoms with Gasteiger partial charge in [-0.2, -0.15) is 0 Å². The Labute approximate surface area is 143 Å². The zero-order chi connectivity index (χ0) is 15.3. The van der Waals surface area contributed by atoms with E-state index in [1.54, 1.807) is 0 Å². The largest absolute Gasteiger partial charge is 0.494 e. The first-order chi connectivity index (χ1) is 10.0. The molecule has 1 saturated heterocycles. The van der Waals surface area contributed by atoms with E-state index >= 15 is 0 Å². The summed E-state index contributed by atoms with van der Waals surface area (Å²) in [5, 5.41) is 1.56. The Balaban J connectivity index is 1.98. The molecule has 0 aliphatic carbocycles. The minimum absolute atomic E-state index is 0.0711. The van der Waals surface area contributed by atoms with Crippen LogP contribution >= 0.6 is 31.9 Å². The van der Waals surface area contributed by atoms with Crippen LogP contribution in [0.3, 0.4) is 0 Å². The summed E-state index contributed by atoms with van der Waals surface area (Å²) in [6.07, 6.45) is 1.59. The molecule has 1 aromatic rings. The quantitative estimate of drug-likeness (QED) is 0.608. The second-order valence-electron chi connectivity index (χ2n) is 5.64. The van der Waals surface area contributed by atoms with Gasteiger partial charge in [-0.1, -0.05) is 50.1 Å². The minimum atomic E-state index is -2.86. The summed E-state index contributed by atoms with van der Waals surface area (Å²) in [5.74, 6) is 1.67. The maximum absolute atomic E-state index is 11.8. The van der Waals surface area contributed by atoms with Crippen molar-refractivity contribution in [2.45, 2.75) is 12.8 Å². The van der Waals surface area contributed by atoms with Crippen LogP contribution in [0.15, 0.2) is 30.3 Å². The fraction of sp³-hybridized carbons (Fsp3) is 0.600. The first-order valence-electron chi connectivity index (χ1n) is 7.01. The van der Waals surface area contributed by atoms with Crippen molar-refractivity contribution in [3.05, 3.63) is 30.3 Å². The van der Waals surface area contributed by atoms with Gasteiger partial charge in [0.25, 0.3) is 0 Å². The Kier molecular flexibility index (Phi) is 6.15. The van der Waals surface area contributed by atoms with Crippen LogP contribution in [0.5, 0.6) is 5.75 Å². The average molecular weight is 440 g/mol. The van der Waals surface area contributed by atoms with Gasteiger partial charge in [0.15, 0.2) is 9.84 Å². The Morgan fingerprint density at radius 1 is 1.19 bits per heavy atom. The van der Waals surface area contributed by atoms with Crippen molar-refractivity contribution in [2.24, 2.45) is 11.3 Å². The highest BCUT2D eigenvalue weighted by atomic mass is 79.9. The fourth-order valence-corrected chi connectivity index (χ4v) is 7.11. The van der Waals surface area contributed by atoms with Gasteiger partial charge in [-0.05, 0) is 36.3 Å². The molecule has 0 saturated carbocycles. The number of rotatable bonds is 7. The van der Waals surface area contributed by atoms with Gasteiger partial charge < -0.3 is 4.74 Å². The van der Waals surface area contributed by atoms with Crippen LogP contribution in [0, 0.1) is 11.3 Å². The van der Waals surface area contributed by atoms with Crippen molar-refractivity contribution in [3.63, 3.8) is 0 Å². The molecule has 3 nitrogen and oxygen atoms in total. The maximum Gasteiger partial charge on any atom is 0.150 e. The Hall–Kier alpha value is -0.0700. The van der Waals surface area contributed by atoms with Crippen LogP contribution in [-0.2, 0) is 9.84 Å².